The zero-order valence-corrected chi connectivity index (χ0v) is 19.0. The molecule has 7 rings (SSSR count). The zero-order chi connectivity index (χ0) is 23.1. The Morgan fingerprint density at radius 2 is 1.85 bits per heavy atom. The van der Waals surface area contributed by atoms with E-state index in [1.54, 1.807) is 18.6 Å². The molecule has 1 N–H and O–H groups in total. The van der Waals surface area contributed by atoms with E-state index in [0.717, 1.165) is 5.56 Å². The maximum Gasteiger partial charge on any atom is 0.331 e. The summed E-state index contributed by atoms with van der Waals surface area (Å²) in [5, 5.41) is 11.7. The first-order chi connectivity index (χ1) is 15.5. The lowest BCUT2D eigenvalue weighted by Gasteiger charge is -2.39. The van der Waals surface area contributed by atoms with Crippen LogP contribution in [-0.4, -0.2) is 39.8 Å². The van der Waals surface area contributed by atoms with E-state index in [0.29, 0.717) is 32.1 Å². The van der Waals surface area contributed by atoms with Gasteiger partial charge in [-0.1, -0.05) is 0 Å². The van der Waals surface area contributed by atoms with E-state index >= 15 is 0 Å². The normalized spacial score (nSPS) is 53.0. The summed E-state index contributed by atoms with van der Waals surface area (Å²) in [4.78, 5) is 25.2. The first kappa shape index (κ1) is 20.2. The SMILES string of the molecule is CC1(C)O[C@@]2(C[C@@H]3[C@@](O)(CC[C@]45C[C@]34C(=O)O[C@@H]5c3ccoc3)O2)C[C@@H]1[C@]1(C)C=CC(=O)O1. The summed E-state index contributed by atoms with van der Waals surface area (Å²) < 4.78 is 29.8. The van der Waals surface area contributed by atoms with Gasteiger partial charge in [0.2, 0.25) is 0 Å². The van der Waals surface area contributed by atoms with E-state index in [2.05, 4.69) is 0 Å². The second-order valence-corrected chi connectivity index (χ2v) is 11.7. The highest BCUT2D eigenvalue weighted by Crippen LogP contribution is 2.85. The maximum absolute atomic E-state index is 13.3. The van der Waals surface area contributed by atoms with Gasteiger partial charge >= 0.3 is 11.9 Å². The average molecular weight is 456 g/mol. The molecule has 8 heteroatoms. The molecule has 5 fully saturated rings. The fourth-order valence-corrected chi connectivity index (χ4v) is 8.27. The molecular weight excluding hydrogens is 428 g/mol. The smallest absolute Gasteiger partial charge is 0.331 e. The van der Waals surface area contributed by atoms with Gasteiger partial charge in [-0.2, -0.15) is 0 Å². The molecular formula is C25H28O8. The van der Waals surface area contributed by atoms with Gasteiger partial charge in [0.1, 0.15) is 11.7 Å². The maximum atomic E-state index is 13.3. The van der Waals surface area contributed by atoms with Crippen molar-refractivity contribution in [2.75, 3.05) is 0 Å². The van der Waals surface area contributed by atoms with Crippen LogP contribution in [0.3, 0.4) is 0 Å². The molecule has 176 valence electrons. The predicted octanol–water partition coefficient (Wildman–Crippen LogP) is 3.16. The molecule has 1 spiro atoms. The van der Waals surface area contributed by atoms with Crippen LogP contribution < -0.4 is 0 Å². The average Bonchev–Trinajstić information content (AvgIpc) is 3.22. The van der Waals surface area contributed by atoms with Crippen LogP contribution in [0.1, 0.15) is 64.5 Å². The number of esters is 2. The Morgan fingerprint density at radius 1 is 1.06 bits per heavy atom. The molecule has 0 aromatic carbocycles. The number of ether oxygens (including phenoxy) is 4. The molecule has 8 atom stereocenters. The summed E-state index contributed by atoms with van der Waals surface area (Å²) in [5.74, 6) is -3.74. The minimum absolute atomic E-state index is 0.174. The van der Waals surface area contributed by atoms with Gasteiger partial charge in [0, 0.05) is 48.2 Å². The quantitative estimate of drug-likeness (QED) is 0.677. The number of rotatable bonds is 2. The Hall–Kier alpha value is -2.16. The molecule has 1 aromatic rings. The fraction of sp³-hybridized carbons (Fsp3) is 0.680. The lowest BCUT2D eigenvalue weighted by molar-refractivity contribution is -0.322. The van der Waals surface area contributed by atoms with Gasteiger partial charge in [-0.3, -0.25) is 4.79 Å². The van der Waals surface area contributed by atoms with E-state index in [1.165, 1.54) is 6.08 Å². The van der Waals surface area contributed by atoms with E-state index in [4.69, 9.17) is 23.4 Å². The lowest BCUT2D eigenvalue weighted by atomic mass is 9.66. The van der Waals surface area contributed by atoms with E-state index in [-0.39, 0.29) is 29.4 Å². The van der Waals surface area contributed by atoms with Crippen LogP contribution in [0.2, 0.25) is 0 Å². The Kier molecular flexibility index (Phi) is 3.41. The predicted molar refractivity (Wildman–Crippen MR) is 110 cm³/mol. The molecule has 3 saturated heterocycles. The van der Waals surface area contributed by atoms with Crippen LogP contribution in [0.25, 0.3) is 0 Å². The third kappa shape index (κ3) is 2.23. The van der Waals surface area contributed by atoms with Gasteiger partial charge in [-0.25, -0.2) is 4.79 Å². The van der Waals surface area contributed by atoms with E-state index < -0.39 is 34.1 Å². The van der Waals surface area contributed by atoms with Gasteiger partial charge in [0.15, 0.2) is 11.6 Å². The van der Waals surface area contributed by atoms with Crippen molar-refractivity contribution in [3.8, 4) is 0 Å². The van der Waals surface area contributed by atoms with Crippen LogP contribution in [0, 0.1) is 22.7 Å². The van der Waals surface area contributed by atoms with Crippen molar-refractivity contribution in [2.45, 2.75) is 81.8 Å². The lowest BCUT2D eigenvalue weighted by Crippen LogP contribution is -2.47. The molecule has 2 saturated carbocycles. The number of carbonyl (C=O) groups is 2. The summed E-state index contributed by atoms with van der Waals surface area (Å²) in [6.45, 7) is 5.81. The monoisotopic (exact) mass is 456 g/mol. The van der Waals surface area contributed by atoms with Gasteiger partial charge in [-0.15, -0.1) is 0 Å². The van der Waals surface area contributed by atoms with Crippen LogP contribution in [-0.2, 0) is 28.5 Å². The van der Waals surface area contributed by atoms with Crippen molar-refractivity contribution in [1.82, 2.24) is 0 Å². The molecule has 0 radical (unpaired) electrons. The number of carbonyl (C=O) groups excluding carboxylic acids is 2. The van der Waals surface area contributed by atoms with Gasteiger partial charge < -0.3 is 28.5 Å². The number of aliphatic hydroxyl groups is 1. The van der Waals surface area contributed by atoms with Gasteiger partial charge in [-0.05, 0) is 45.8 Å². The van der Waals surface area contributed by atoms with Crippen molar-refractivity contribution in [3.63, 3.8) is 0 Å². The topological polar surface area (TPSA) is 104 Å². The summed E-state index contributed by atoms with van der Waals surface area (Å²) in [5.41, 5.74) is -1.74. The van der Waals surface area contributed by atoms with Gasteiger partial charge in [0.25, 0.3) is 0 Å². The van der Waals surface area contributed by atoms with Crippen LogP contribution >= 0.6 is 0 Å². The van der Waals surface area contributed by atoms with Crippen LogP contribution in [0.4, 0.5) is 0 Å². The third-order valence-electron chi connectivity index (χ3n) is 9.61. The van der Waals surface area contributed by atoms with Crippen molar-refractivity contribution in [2.24, 2.45) is 22.7 Å². The Bertz CT molecular complexity index is 1110. The summed E-state index contributed by atoms with van der Waals surface area (Å²) in [7, 11) is 0. The van der Waals surface area contributed by atoms with E-state index in [1.807, 2.05) is 26.8 Å². The Labute approximate surface area is 191 Å². The fourth-order valence-electron chi connectivity index (χ4n) is 8.27. The highest BCUT2D eigenvalue weighted by molar-refractivity contribution is 5.87. The molecule has 5 heterocycles. The number of hydrogen-bond donors (Lipinski definition) is 1. The van der Waals surface area contributed by atoms with Crippen molar-refractivity contribution >= 4 is 11.9 Å². The molecule has 0 amide bonds. The second-order valence-electron chi connectivity index (χ2n) is 11.7. The molecule has 33 heavy (non-hydrogen) atoms. The Morgan fingerprint density at radius 3 is 2.55 bits per heavy atom. The van der Waals surface area contributed by atoms with Crippen LogP contribution in [0.5, 0.6) is 0 Å². The molecule has 2 aliphatic carbocycles. The second kappa shape index (κ2) is 5.56. The zero-order valence-electron chi connectivity index (χ0n) is 19.0. The molecule has 1 aromatic heterocycles. The highest BCUT2D eigenvalue weighted by atomic mass is 16.8. The summed E-state index contributed by atoms with van der Waals surface area (Å²) in [6.07, 6.45) is 8.67. The Balaban J connectivity index is 1.23. The number of furan rings is 1. The molecule has 8 nitrogen and oxygen atoms in total. The number of fused-ring (bicyclic) bond motifs is 1. The minimum Gasteiger partial charge on any atom is -0.472 e. The first-order valence-corrected chi connectivity index (χ1v) is 11.8. The third-order valence-corrected chi connectivity index (χ3v) is 9.61. The standard InChI is InChI=1S/C25H28O8/c1-20(2)15(21(3)6-4-17(26)31-21)10-23(32-20)11-16-24-13-22(24,7-8-25(16,28)33-23)18(30-19(24)27)14-5-9-29-12-14/h4-6,9,12,15-16,18,28H,7-8,10-11,13H2,1-3H3/t15-,16-,18+,21-,22+,23-,24+,25+/m0/s1. The molecule has 0 bridgehead atoms. The van der Waals surface area contributed by atoms with Crippen LogP contribution in [0.15, 0.2) is 35.2 Å². The molecule has 4 aliphatic heterocycles. The number of hydrogen-bond acceptors (Lipinski definition) is 8. The summed E-state index contributed by atoms with van der Waals surface area (Å²) >= 11 is 0. The molecule has 0 unspecified atom stereocenters. The minimum atomic E-state index is -1.46. The largest absolute Gasteiger partial charge is 0.472 e. The van der Waals surface area contributed by atoms with Crippen molar-refractivity contribution in [1.29, 1.82) is 0 Å². The van der Waals surface area contributed by atoms with E-state index in [9.17, 15) is 14.7 Å². The van der Waals surface area contributed by atoms with Crippen molar-refractivity contribution < 1.29 is 38.1 Å². The van der Waals surface area contributed by atoms with Gasteiger partial charge in [0.05, 0.1) is 23.5 Å². The highest BCUT2D eigenvalue weighted by Gasteiger charge is 2.89. The van der Waals surface area contributed by atoms with Crippen molar-refractivity contribution in [3.05, 3.63) is 36.3 Å². The number of cyclic esters (lactones) is 2. The first-order valence-electron chi connectivity index (χ1n) is 11.8. The molecule has 6 aliphatic rings. The summed E-state index contributed by atoms with van der Waals surface area (Å²) in [6, 6.07) is 1.85.